The second-order valence-electron chi connectivity index (χ2n) is 14.1. The zero-order valence-corrected chi connectivity index (χ0v) is 36.1. The van der Waals surface area contributed by atoms with E-state index in [-0.39, 0.29) is 17.6 Å². The highest BCUT2D eigenvalue weighted by molar-refractivity contribution is 7.23. The summed E-state index contributed by atoms with van der Waals surface area (Å²) in [4.78, 5) is 39.0. The fourth-order valence-corrected chi connectivity index (χ4v) is 9.24. The summed E-state index contributed by atoms with van der Waals surface area (Å²) in [5.41, 5.74) is 7.40. The number of alkyl halides is 2. The number of rotatable bonds is 11. The predicted molar refractivity (Wildman–Crippen MR) is 246 cm³/mol. The van der Waals surface area contributed by atoms with Gasteiger partial charge in [-0.2, -0.15) is 0 Å². The van der Waals surface area contributed by atoms with Crippen LogP contribution in [0, 0.1) is 0 Å². The van der Waals surface area contributed by atoms with Gasteiger partial charge in [-0.1, -0.05) is 77.3 Å². The monoisotopic (exact) mass is 896 g/mol. The first-order valence-corrected chi connectivity index (χ1v) is 22.4. The van der Waals surface area contributed by atoms with Crippen molar-refractivity contribution >= 4 is 99.8 Å². The summed E-state index contributed by atoms with van der Waals surface area (Å²) in [5, 5.41) is 17.0. The maximum atomic E-state index is 12.8. The number of hydrogen-bond donors (Lipinski definition) is 3. The normalized spacial score (nSPS) is 14.1. The Morgan fingerprint density at radius 3 is 1.61 bits per heavy atom. The minimum absolute atomic E-state index is 0.102. The average Bonchev–Trinajstić information content (AvgIpc) is 3.94. The Hall–Kier alpha value is -5.48. The summed E-state index contributed by atoms with van der Waals surface area (Å²) in [6, 6.07) is 32.0. The fraction of sp³-hybridized carbons (Fsp3) is 0.244. The van der Waals surface area contributed by atoms with Crippen LogP contribution in [0.2, 0.25) is 0 Å². The van der Waals surface area contributed by atoms with Crippen molar-refractivity contribution in [3.63, 3.8) is 0 Å². The van der Waals surface area contributed by atoms with Crippen LogP contribution in [0.1, 0.15) is 37.4 Å². The van der Waals surface area contributed by atoms with Gasteiger partial charge in [-0.15, -0.1) is 23.2 Å². The van der Waals surface area contributed by atoms with E-state index in [2.05, 4.69) is 31.5 Å². The van der Waals surface area contributed by atoms with Gasteiger partial charge in [0.25, 0.3) is 11.8 Å². The van der Waals surface area contributed by atoms with Crippen molar-refractivity contribution in [2.24, 2.45) is 0 Å². The minimum Gasteiger partial charge on any atom is -0.506 e. The largest absolute Gasteiger partial charge is 0.506 e. The van der Waals surface area contributed by atoms with Crippen LogP contribution in [-0.2, 0) is 27.8 Å². The molecule has 2 aliphatic rings. The molecule has 9 rings (SSSR count). The van der Waals surface area contributed by atoms with Gasteiger partial charge in [0.2, 0.25) is 0 Å². The van der Waals surface area contributed by atoms with Crippen LogP contribution in [0.25, 0.3) is 20.4 Å². The number of phenolic OH excluding ortho intramolecular Hbond substituents is 1. The number of fused-ring (bicyclic) bond motifs is 2. The zero-order valence-electron chi connectivity index (χ0n) is 32.9. The summed E-state index contributed by atoms with van der Waals surface area (Å²) in [7, 11) is 0. The van der Waals surface area contributed by atoms with Gasteiger partial charge >= 0.3 is 0 Å². The summed E-state index contributed by atoms with van der Waals surface area (Å²) in [6.45, 7) is 6.35. The van der Waals surface area contributed by atoms with Crippen LogP contribution in [0.15, 0.2) is 103 Å². The standard InChI is InChI=1S/C26H24ClN3O3S.C19H18ClN3O3S/c27-16-18-6-8-20(9-7-18)25(31)29-26-28-23-22(33-17-19-4-2-1-3-5-19)11-10-21(24(23)34-26)30-12-14-32-15-13-30;20-11-12-1-3-13(4-2-12)18(25)22-19-21-16-15(24)6-5-14(17(16)27-19)23-7-9-26-10-8-23/h1-11H,12-17H2,(H,28,29,31);1-6,24H,7-11H2,(H,21,22,25). The van der Waals surface area contributed by atoms with E-state index >= 15 is 0 Å². The number of nitrogens with one attached hydrogen (secondary N) is 2. The quantitative estimate of drug-likeness (QED) is 0.108. The smallest absolute Gasteiger partial charge is 0.257 e. The van der Waals surface area contributed by atoms with Crippen molar-refractivity contribution < 1.29 is 28.9 Å². The number of amides is 2. The Bertz CT molecular complexity index is 2600. The summed E-state index contributed by atoms with van der Waals surface area (Å²) < 4.78 is 18.9. The lowest BCUT2D eigenvalue weighted by Crippen LogP contribution is -2.36. The van der Waals surface area contributed by atoms with Crippen molar-refractivity contribution in [3.05, 3.63) is 131 Å². The molecule has 7 aromatic rings. The molecule has 0 spiro atoms. The first-order chi connectivity index (χ1) is 29.9. The molecule has 12 nitrogen and oxygen atoms in total. The lowest BCUT2D eigenvalue weighted by atomic mass is 10.1. The van der Waals surface area contributed by atoms with Gasteiger partial charge in [0.15, 0.2) is 10.3 Å². The lowest BCUT2D eigenvalue weighted by Gasteiger charge is -2.29. The van der Waals surface area contributed by atoms with E-state index in [1.54, 1.807) is 30.3 Å². The minimum atomic E-state index is -0.248. The van der Waals surface area contributed by atoms with E-state index in [0.717, 1.165) is 69.2 Å². The van der Waals surface area contributed by atoms with Crippen molar-refractivity contribution in [1.82, 2.24) is 9.97 Å². The van der Waals surface area contributed by atoms with E-state index in [4.69, 9.17) is 42.4 Å². The van der Waals surface area contributed by atoms with E-state index in [9.17, 15) is 14.7 Å². The number of ether oxygens (including phenoxy) is 3. The number of morpholine rings is 2. The molecule has 16 heteroatoms. The Morgan fingerprint density at radius 2 is 1.10 bits per heavy atom. The van der Waals surface area contributed by atoms with Crippen LogP contribution in [0.5, 0.6) is 11.5 Å². The number of halogens is 2. The zero-order chi connectivity index (χ0) is 42.1. The second-order valence-corrected chi connectivity index (χ2v) is 16.7. The Balaban J connectivity index is 0.000000173. The van der Waals surface area contributed by atoms with E-state index in [0.29, 0.717) is 77.5 Å². The molecule has 0 saturated carbocycles. The van der Waals surface area contributed by atoms with Gasteiger partial charge in [0, 0.05) is 49.1 Å². The maximum Gasteiger partial charge on any atom is 0.257 e. The summed E-state index contributed by atoms with van der Waals surface area (Å²) >= 11 is 14.5. The Kier molecular flexibility index (Phi) is 13.8. The third kappa shape index (κ3) is 10.2. The summed E-state index contributed by atoms with van der Waals surface area (Å²) in [5.74, 6) is 1.16. The number of aromatic hydroxyl groups is 1. The lowest BCUT2D eigenvalue weighted by molar-refractivity contribution is 0.101. The first-order valence-electron chi connectivity index (χ1n) is 19.7. The molecule has 314 valence electrons. The highest BCUT2D eigenvalue weighted by Gasteiger charge is 2.22. The van der Waals surface area contributed by atoms with E-state index in [1.807, 2.05) is 66.7 Å². The molecular weight excluding hydrogens is 856 g/mol. The number of carbonyl (C=O) groups excluding carboxylic acids is 2. The van der Waals surface area contributed by atoms with Gasteiger partial charge < -0.3 is 29.1 Å². The molecule has 0 unspecified atom stereocenters. The van der Waals surface area contributed by atoms with E-state index < -0.39 is 0 Å². The topological polar surface area (TPSA) is 138 Å². The average molecular weight is 898 g/mol. The number of benzene rings is 5. The molecular formula is C45H42Cl2N6O6S2. The van der Waals surface area contributed by atoms with E-state index in [1.165, 1.54) is 22.7 Å². The predicted octanol–water partition coefficient (Wildman–Crippen LogP) is 9.53. The SMILES string of the molecule is O=C(Nc1nc2c(O)ccc(N3CCOCC3)c2s1)c1ccc(CCl)cc1.O=C(Nc1nc2c(OCc3ccccc3)ccc(N3CCOCC3)c2s1)c1ccc(CCl)cc1. The number of thiazole rings is 2. The number of aromatic nitrogens is 2. The van der Waals surface area contributed by atoms with Crippen LogP contribution in [-0.4, -0.2) is 79.5 Å². The molecule has 0 aliphatic carbocycles. The molecule has 5 aromatic carbocycles. The molecule has 0 bridgehead atoms. The fourth-order valence-electron chi connectivity index (χ4n) is 6.84. The highest BCUT2D eigenvalue weighted by atomic mass is 35.5. The number of nitrogens with zero attached hydrogens (tertiary/aromatic N) is 4. The number of hydrogen-bond acceptors (Lipinski definition) is 12. The summed E-state index contributed by atoms with van der Waals surface area (Å²) in [6.07, 6.45) is 0. The molecule has 2 aromatic heterocycles. The van der Waals surface area contributed by atoms with Crippen molar-refractivity contribution in [2.45, 2.75) is 18.4 Å². The maximum absolute atomic E-state index is 12.8. The number of phenols is 1. The molecule has 0 atom stereocenters. The molecule has 2 fully saturated rings. The number of anilines is 4. The number of carbonyl (C=O) groups is 2. The van der Waals surface area contributed by atoms with Gasteiger partial charge in [0.1, 0.15) is 29.1 Å². The molecule has 3 N–H and O–H groups in total. The van der Waals surface area contributed by atoms with Gasteiger partial charge in [-0.3, -0.25) is 20.2 Å². The van der Waals surface area contributed by atoms with Crippen molar-refractivity contribution in [2.75, 3.05) is 73.0 Å². The second kappa shape index (κ2) is 19.9. The molecule has 2 amide bonds. The Labute approximate surface area is 370 Å². The first kappa shape index (κ1) is 42.2. The highest BCUT2D eigenvalue weighted by Crippen LogP contribution is 2.41. The van der Waals surface area contributed by atoms with Crippen LogP contribution in [0.3, 0.4) is 0 Å². The third-order valence-corrected chi connectivity index (χ3v) is 12.7. The Morgan fingerprint density at radius 1 is 0.623 bits per heavy atom. The molecule has 4 heterocycles. The van der Waals surface area contributed by atoms with Gasteiger partial charge in [0.05, 0.1) is 47.2 Å². The molecule has 0 radical (unpaired) electrons. The van der Waals surface area contributed by atoms with Crippen molar-refractivity contribution in [1.29, 1.82) is 0 Å². The van der Waals surface area contributed by atoms with Crippen LogP contribution >= 0.6 is 45.9 Å². The van der Waals surface area contributed by atoms with Gasteiger partial charge in [-0.05, 0) is 65.2 Å². The molecule has 2 saturated heterocycles. The third-order valence-electron chi connectivity index (χ3n) is 10.1. The van der Waals surface area contributed by atoms with Crippen LogP contribution < -0.4 is 25.2 Å². The van der Waals surface area contributed by atoms with Crippen molar-refractivity contribution in [3.8, 4) is 11.5 Å². The van der Waals surface area contributed by atoms with Gasteiger partial charge in [-0.25, -0.2) is 9.97 Å². The van der Waals surface area contributed by atoms with Crippen LogP contribution in [0.4, 0.5) is 21.6 Å². The molecule has 2 aliphatic heterocycles. The molecule has 61 heavy (non-hydrogen) atoms.